The lowest BCUT2D eigenvalue weighted by Gasteiger charge is -2.04. The van der Waals surface area contributed by atoms with Crippen molar-refractivity contribution in [1.82, 2.24) is 0 Å². The average molecular weight is 216 g/mol. The summed E-state index contributed by atoms with van der Waals surface area (Å²) in [4.78, 5) is 11.1. The Kier molecular flexibility index (Phi) is 11.1. The molecule has 0 rings (SSSR count). The van der Waals surface area contributed by atoms with E-state index in [9.17, 15) is 4.79 Å². The van der Waals surface area contributed by atoms with Crippen molar-refractivity contribution in [1.29, 1.82) is 0 Å². The maximum Gasteiger partial charge on any atom is 0.308 e. The third-order valence-corrected chi connectivity index (χ3v) is 2.06. The Labute approximate surface area is 93.1 Å². The number of ether oxygens (including phenoxy) is 2. The molecule has 0 fully saturated rings. The molecule has 0 radical (unpaired) electrons. The number of unbranched alkanes of at least 4 members (excludes halogenated alkanes) is 3. The van der Waals surface area contributed by atoms with E-state index in [0.717, 1.165) is 25.9 Å². The fourth-order valence-corrected chi connectivity index (χ4v) is 1.19. The largest absolute Gasteiger partial charge is 0.466 e. The van der Waals surface area contributed by atoms with Gasteiger partial charge in [0.15, 0.2) is 0 Å². The normalized spacial score (nSPS) is 10.3. The van der Waals surface area contributed by atoms with E-state index in [2.05, 4.69) is 6.92 Å². The molecule has 0 saturated carbocycles. The van der Waals surface area contributed by atoms with Gasteiger partial charge >= 0.3 is 5.97 Å². The average Bonchev–Trinajstić information content (AvgIpc) is 2.24. The first-order valence-electron chi connectivity index (χ1n) is 6.04. The molecule has 3 nitrogen and oxygen atoms in total. The van der Waals surface area contributed by atoms with Crippen LogP contribution in [0.15, 0.2) is 0 Å². The summed E-state index contributed by atoms with van der Waals surface area (Å²) < 4.78 is 10.2. The molecule has 90 valence electrons. The van der Waals surface area contributed by atoms with Crippen molar-refractivity contribution in [3.63, 3.8) is 0 Å². The van der Waals surface area contributed by atoms with E-state index in [4.69, 9.17) is 9.47 Å². The highest BCUT2D eigenvalue weighted by molar-refractivity contribution is 5.69. The minimum Gasteiger partial charge on any atom is -0.466 e. The highest BCUT2D eigenvalue weighted by Gasteiger charge is 2.01. The van der Waals surface area contributed by atoms with Crippen LogP contribution in [0.25, 0.3) is 0 Å². The predicted molar refractivity (Wildman–Crippen MR) is 60.8 cm³/mol. The van der Waals surface area contributed by atoms with Gasteiger partial charge < -0.3 is 9.47 Å². The van der Waals surface area contributed by atoms with Crippen molar-refractivity contribution in [2.45, 2.75) is 52.4 Å². The first-order chi connectivity index (χ1) is 7.31. The van der Waals surface area contributed by atoms with E-state index in [1.54, 1.807) is 0 Å². The van der Waals surface area contributed by atoms with Gasteiger partial charge in [0.2, 0.25) is 0 Å². The zero-order valence-corrected chi connectivity index (χ0v) is 10.1. The number of hydrogen-bond acceptors (Lipinski definition) is 3. The monoisotopic (exact) mass is 216 g/mol. The van der Waals surface area contributed by atoms with Crippen molar-refractivity contribution in [2.75, 3.05) is 19.8 Å². The first kappa shape index (κ1) is 14.4. The second-order valence-electron chi connectivity index (χ2n) is 3.64. The maximum absolute atomic E-state index is 11.1. The number of carbonyl (C=O) groups is 1. The highest BCUT2D eigenvalue weighted by atomic mass is 16.5. The van der Waals surface area contributed by atoms with E-state index in [0.29, 0.717) is 19.6 Å². The molecular weight excluding hydrogens is 192 g/mol. The highest BCUT2D eigenvalue weighted by Crippen LogP contribution is 1.99. The van der Waals surface area contributed by atoms with Crippen LogP contribution in [0.2, 0.25) is 0 Å². The Bertz CT molecular complexity index is 146. The van der Waals surface area contributed by atoms with Gasteiger partial charge in [-0.05, 0) is 12.8 Å². The molecule has 3 heteroatoms. The minimum absolute atomic E-state index is 0.136. The van der Waals surface area contributed by atoms with Gasteiger partial charge in [0.1, 0.15) is 0 Å². The van der Waals surface area contributed by atoms with Gasteiger partial charge in [-0.3, -0.25) is 4.79 Å². The van der Waals surface area contributed by atoms with E-state index >= 15 is 0 Å². The molecular formula is C12H24O3. The molecule has 0 atom stereocenters. The summed E-state index contributed by atoms with van der Waals surface area (Å²) in [6.45, 7) is 5.99. The van der Waals surface area contributed by atoms with Crippen molar-refractivity contribution in [2.24, 2.45) is 0 Å². The molecule has 0 saturated heterocycles. The molecule has 0 aliphatic heterocycles. The van der Waals surface area contributed by atoms with Crippen LogP contribution in [0.4, 0.5) is 0 Å². The van der Waals surface area contributed by atoms with Gasteiger partial charge in [0.05, 0.1) is 19.6 Å². The van der Waals surface area contributed by atoms with Crippen LogP contribution in [0.1, 0.15) is 52.4 Å². The zero-order chi connectivity index (χ0) is 11.4. The fraction of sp³-hybridized carbons (Fsp3) is 0.917. The van der Waals surface area contributed by atoms with Crippen LogP contribution in [0.3, 0.4) is 0 Å². The number of carbonyl (C=O) groups excluding carboxylic acids is 1. The van der Waals surface area contributed by atoms with Crippen molar-refractivity contribution in [3.8, 4) is 0 Å². The van der Waals surface area contributed by atoms with Crippen LogP contribution in [0, 0.1) is 0 Å². The van der Waals surface area contributed by atoms with Crippen molar-refractivity contribution >= 4 is 5.97 Å². The molecule has 0 spiro atoms. The van der Waals surface area contributed by atoms with E-state index < -0.39 is 0 Å². The molecule has 0 aromatic rings. The van der Waals surface area contributed by atoms with Gasteiger partial charge in [0.25, 0.3) is 0 Å². The number of esters is 1. The first-order valence-corrected chi connectivity index (χ1v) is 6.04. The topological polar surface area (TPSA) is 35.5 Å². The second-order valence-corrected chi connectivity index (χ2v) is 3.64. The van der Waals surface area contributed by atoms with Crippen LogP contribution >= 0.6 is 0 Å². The predicted octanol–water partition coefficient (Wildman–Crippen LogP) is 2.93. The Morgan fingerprint density at radius 1 is 0.933 bits per heavy atom. The summed E-state index contributed by atoms with van der Waals surface area (Å²) in [6, 6.07) is 0. The molecule has 15 heavy (non-hydrogen) atoms. The van der Waals surface area contributed by atoms with E-state index in [1.807, 2.05) is 6.92 Å². The van der Waals surface area contributed by atoms with Crippen molar-refractivity contribution in [3.05, 3.63) is 0 Å². The molecule has 0 bridgehead atoms. The summed E-state index contributed by atoms with van der Waals surface area (Å²) in [5, 5.41) is 0. The Hall–Kier alpha value is -0.570. The lowest BCUT2D eigenvalue weighted by atomic mass is 10.2. The standard InChI is InChI=1S/C12H24O3/c1-3-5-6-7-10-15-12(13)8-11-14-9-4-2/h3-11H2,1-2H3. The minimum atomic E-state index is -0.136. The third-order valence-electron chi connectivity index (χ3n) is 2.06. The molecule has 0 unspecified atom stereocenters. The summed E-state index contributed by atoms with van der Waals surface area (Å²) in [5.74, 6) is -0.136. The van der Waals surface area contributed by atoms with Crippen LogP contribution in [-0.4, -0.2) is 25.8 Å². The van der Waals surface area contributed by atoms with Gasteiger partial charge in [-0.15, -0.1) is 0 Å². The summed E-state index contributed by atoms with van der Waals surface area (Å²) in [6.07, 6.45) is 5.93. The van der Waals surface area contributed by atoms with Crippen LogP contribution in [0.5, 0.6) is 0 Å². The smallest absolute Gasteiger partial charge is 0.308 e. The fourth-order valence-electron chi connectivity index (χ4n) is 1.19. The summed E-state index contributed by atoms with van der Waals surface area (Å²) >= 11 is 0. The van der Waals surface area contributed by atoms with E-state index in [1.165, 1.54) is 12.8 Å². The SMILES string of the molecule is CCCCCCOC(=O)CCOCCC. The third kappa shape index (κ3) is 11.4. The lowest BCUT2D eigenvalue weighted by molar-refractivity contribution is -0.145. The van der Waals surface area contributed by atoms with Gasteiger partial charge in [0, 0.05) is 6.61 Å². The quantitative estimate of drug-likeness (QED) is 0.416. The summed E-state index contributed by atoms with van der Waals surface area (Å²) in [5.41, 5.74) is 0. The molecule has 0 amide bonds. The lowest BCUT2D eigenvalue weighted by Crippen LogP contribution is -2.09. The zero-order valence-electron chi connectivity index (χ0n) is 10.1. The van der Waals surface area contributed by atoms with E-state index in [-0.39, 0.29) is 5.97 Å². The maximum atomic E-state index is 11.1. The molecule has 0 aliphatic rings. The molecule has 0 aliphatic carbocycles. The van der Waals surface area contributed by atoms with Crippen LogP contribution < -0.4 is 0 Å². The molecule has 0 aromatic heterocycles. The van der Waals surface area contributed by atoms with Gasteiger partial charge in [-0.25, -0.2) is 0 Å². The Morgan fingerprint density at radius 3 is 2.40 bits per heavy atom. The number of rotatable bonds is 10. The molecule has 0 heterocycles. The van der Waals surface area contributed by atoms with Gasteiger partial charge in [-0.1, -0.05) is 33.1 Å². The molecule has 0 aromatic carbocycles. The van der Waals surface area contributed by atoms with Crippen molar-refractivity contribution < 1.29 is 14.3 Å². The summed E-state index contributed by atoms with van der Waals surface area (Å²) in [7, 11) is 0. The Balaban J connectivity index is 3.11. The second kappa shape index (κ2) is 11.5. The van der Waals surface area contributed by atoms with Crippen LogP contribution in [-0.2, 0) is 14.3 Å². The van der Waals surface area contributed by atoms with Gasteiger partial charge in [-0.2, -0.15) is 0 Å². The molecule has 0 N–H and O–H groups in total. The number of hydrogen-bond donors (Lipinski definition) is 0. The Morgan fingerprint density at radius 2 is 1.73 bits per heavy atom.